The average Bonchev–Trinajstić information content (AvgIpc) is 3.16. The molecule has 2 aliphatic heterocycles. The van der Waals surface area contributed by atoms with Gasteiger partial charge in [-0.05, 0) is 47.4 Å². The molecule has 0 saturated carbocycles. The Morgan fingerprint density at radius 2 is 2.05 bits per heavy atom. The Balaban J connectivity index is 1.60. The van der Waals surface area contributed by atoms with E-state index in [4.69, 9.17) is 4.74 Å². The number of benzene rings is 2. The number of nitrogens with one attached hydrogen (secondary N) is 2. The molecular weight excluding hydrogens is 276 g/mol. The number of hydrogen-bond donors (Lipinski definition) is 2. The Kier molecular flexibility index (Phi) is 3.22. The van der Waals surface area contributed by atoms with E-state index < -0.39 is 0 Å². The van der Waals surface area contributed by atoms with Crippen molar-refractivity contribution in [1.82, 2.24) is 5.32 Å². The molecule has 4 rings (SSSR count). The van der Waals surface area contributed by atoms with E-state index in [1.807, 2.05) is 18.2 Å². The van der Waals surface area contributed by atoms with E-state index in [0.29, 0.717) is 0 Å². The van der Waals surface area contributed by atoms with Crippen molar-refractivity contribution in [2.75, 3.05) is 18.5 Å². The fourth-order valence-corrected chi connectivity index (χ4v) is 3.09. The predicted molar refractivity (Wildman–Crippen MR) is 86.1 cm³/mol. The molecule has 0 radical (unpaired) electrons. The van der Waals surface area contributed by atoms with Crippen molar-refractivity contribution in [3.8, 4) is 16.9 Å². The first-order valence-electron chi connectivity index (χ1n) is 7.70. The van der Waals surface area contributed by atoms with Gasteiger partial charge in [-0.25, -0.2) is 0 Å². The second-order valence-electron chi connectivity index (χ2n) is 5.78. The maximum atomic E-state index is 11.7. The molecule has 0 unspecified atom stereocenters. The first kappa shape index (κ1) is 13.2. The summed E-state index contributed by atoms with van der Waals surface area (Å²) < 4.78 is 5.56. The topological polar surface area (TPSA) is 50.4 Å². The third-order valence-electron chi connectivity index (χ3n) is 4.27. The maximum Gasteiger partial charge on any atom is 0.242 e. The van der Waals surface area contributed by atoms with Gasteiger partial charge in [0.2, 0.25) is 5.91 Å². The maximum absolute atomic E-state index is 11.7. The molecule has 2 aromatic carbocycles. The van der Waals surface area contributed by atoms with Gasteiger partial charge in [-0.2, -0.15) is 0 Å². The Labute approximate surface area is 129 Å². The minimum Gasteiger partial charge on any atom is -0.493 e. The summed E-state index contributed by atoms with van der Waals surface area (Å²) >= 11 is 0. The number of anilines is 1. The van der Waals surface area contributed by atoms with Crippen LogP contribution in [0.25, 0.3) is 11.1 Å². The van der Waals surface area contributed by atoms with Gasteiger partial charge in [-0.1, -0.05) is 18.2 Å². The highest BCUT2D eigenvalue weighted by Gasteiger charge is 2.23. The molecule has 0 bridgehead atoms. The predicted octanol–water partition coefficient (Wildman–Crippen LogP) is 2.59. The molecule has 1 atom stereocenters. The molecule has 0 aromatic heterocycles. The lowest BCUT2D eigenvalue weighted by molar-refractivity contribution is -0.119. The summed E-state index contributed by atoms with van der Waals surface area (Å²) in [6, 6.07) is 14.4. The molecule has 0 spiro atoms. The van der Waals surface area contributed by atoms with E-state index in [-0.39, 0.29) is 11.9 Å². The Bertz CT molecular complexity index is 727. The van der Waals surface area contributed by atoms with Gasteiger partial charge in [0, 0.05) is 18.7 Å². The van der Waals surface area contributed by atoms with Gasteiger partial charge in [0.25, 0.3) is 0 Å². The van der Waals surface area contributed by atoms with E-state index in [1.165, 1.54) is 11.1 Å². The molecule has 4 heteroatoms. The Morgan fingerprint density at radius 3 is 2.91 bits per heavy atom. The number of fused-ring (bicyclic) bond motifs is 1. The monoisotopic (exact) mass is 294 g/mol. The molecule has 22 heavy (non-hydrogen) atoms. The molecule has 0 aliphatic carbocycles. The lowest BCUT2D eigenvalue weighted by atomic mass is 10.0. The molecule has 2 N–H and O–H groups in total. The highest BCUT2D eigenvalue weighted by Crippen LogP contribution is 2.31. The number of carbonyl (C=O) groups excluding carboxylic acids is 1. The first-order valence-corrected chi connectivity index (χ1v) is 7.70. The van der Waals surface area contributed by atoms with Gasteiger partial charge >= 0.3 is 0 Å². The number of amides is 1. The average molecular weight is 294 g/mol. The normalized spacial score (nSPS) is 19.5. The standard InChI is InChI=1S/C18H18N2O2/c21-18-16(6-8-19-18)20-15-3-1-2-12(11-15)13-4-5-17-14(10-13)7-9-22-17/h1-5,10-11,16,20H,6-9H2,(H,19,21)/t16-/m0/s1. The van der Waals surface area contributed by atoms with E-state index >= 15 is 0 Å². The van der Waals surface area contributed by atoms with E-state index in [9.17, 15) is 4.79 Å². The zero-order chi connectivity index (χ0) is 14.9. The van der Waals surface area contributed by atoms with Gasteiger partial charge in [0.15, 0.2) is 0 Å². The second kappa shape index (κ2) is 5.37. The van der Waals surface area contributed by atoms with Crippen LogP contribution in [0.4, 0.5) is 5.69 Å². The van der Waals surface area contributed by atoms with Crippen molar-refractivity contribution in [1.29, 1.82) is 0 Å². The van der Waals surface area contributed by atoms with Gasteiger partial charge in [0.05, 0.1) is 6.61 Å². The summed E-state index contributed by atoms with van der Waals surface area (Å²) in [4.78, 5) is 11.7. The van der Waals surface area contributed by atoms with Gasteiger partial charge in [0.1, 0.15) is 11.8 Å². The molecule has 1 fully saturated rings. The molecule has 4 nitrogen and oxygen atoms in total. The summed E-state index contributed by atoms with van der Waals surface area (Å²) in [6.07, 6.45) is 1.81. The minimum absolute atomic E-state index is 0.0834. The molecule has 2 aliphatic rings. The van der Waals surface area contributed by atoms with Crippen LogP contribution in [0.1, 0.15) is 12.0 Å². The van der Waals surface area contributed by atoms with E-state index in [0.717, 1.165) is 43.0 Å². The van der Waals surface area contributed by atoms with Crippen molar-refractivity contribution < 1.29 is 9.53 Å². The Hall–Kier alpha value is -2.49. The van der Waals surface area contributed by atoms with Crippen molar-refractivity contribution in [3.05, 3.63) is 48.0 Å². The van der Waals surface area contributed by atoms with Crippen LogP contribution in [-0.4, -0.2) is 25.1 Å². The fraction of sp³-hybridized carbons (Fsp3) is 0.278. The lowest BCUT2D eigenvalue weighted by Gasteiger charge is -2.13. The zero-order valence-corrected chi connectivity index (χ0v) is 12.3. The highest BCUT2D eigenvalue weighted by molar-refractivity contribution is 5.86. The molecule has 1 saturated heterocycles. The van der Waals surface area contributed by atoms with Crippen LogP contribution in [0.3, 0.4) is 0 Å². The third kappa shape index (κ3) is 2.41. The van der Waals surface area contributed by atoms with Crippen LogP contribution in [-0.2, 0) is 11.2 Å². The molecule has 112 valence electrons. The summed E-state index contributed by atoms with van der Waals surface area (Å²) in [5, 5.41) is 6.17. The van der Waals surface area contributed by atoms with E-state index in [1.54, 1.807) is 0 Å². The first-order chi connectivity index (χ1) is 10.8. The molecule has 2 heterocycles. The SMILES string of the molecule is O=C1NCC[C@@H]1Nc1cccc(-c2ccc3c(c2)CCO3)c1. The second-order valence-corrected chi connectivity index (χ2v) is 5.78. The van der Waals surface area contributed by atoms with Gasteiger partial charge in [-0.3, -0.25) is 4.79 Å². The number of carbonyl (C=O) groups is 1. The summed E-state index contributed by atoms with van der Waals surface area (Å²) in [5.41, 5.74) is 4.59. The summed E-state index contributed by atoms with van der Waals surface area (Å²) in [7, 11) is 0. The largest absolute Gasteiger partial charge is 0.493 e. The van der Waals surface area contributed by atoms with Gasteiger partial charge in [-0.15, -0.1) is 0 Å². The highest BCUT2D eigenvalue weighted by atomic mass is 16.5. The van der Waals surface area contributed by atoms with Crippen molar-refractivity contribution in [2.24, 2.45) is 0 Å². The van der Waals surface area contributed by atoms with Gasteiger partial charge < -0.3 is 15.4 Å². The van der Waals surface area contributed by atoms with Crippen molar-refractivity contribution >= 4 is 11.6 Å². The van der Waals surface area contributed by atoms with Crippen molar-refractivity contribution in [2.45, 2.75) is 18.9 Å². The Morgan fingerprint density at radius 1 is 1.14 bits per heavy atom. The van der Waals surface area contributed by atoms with E-state index in [2.05, 4.69) is 34.9 Å². The summed E-state index contributed by atoms with van der Waals surface area (Å²) in [5.74, 6) is 1.08. The smallest absolute Gasteiger partial charge is 0.242 e. The number of rotatable bonds is 3. The molecule has 2 aromatic rings. The summed E-state index contributed by atoms with van der Waals surface area (Å²) in [6.45, 7) is 1.53. The third-order valence-corrected chi connectivity index (χ3v) is 4.27. The zero-order valence-electron chi connectivity index (χ0n) is 12.3. The number of hydrogen-bond acceptors (Lipinski definition) is 3. The van der Waals surface area contributed by atoms with Crippen LogP contribution in [0, 0.1) is 0 Å². The molecule has 1 amide bonds. The van der Waals surface area contributed by atoms with Crippen LogP contribution in [0.5, 0.6) is 5.75 Å². The minimum atomic E-state index is -0.122. The van der Waals surface area contributed by atoms with Crippen LogP contribution in [0.2, 0.25) is 0 Å². The van der Waals surface area contributed by atoms with Crippen molar-refractivity contribution in [3.63, 3.8) is 0 Å². The lowest BCUT2D eigenvalue weighted by Crippen LogP contribution is -2.29. The fourth-order valence-electron chi connectivity index (χ4n) is 3.09. The quantitative estimate of drug-likeness (QED) is 0.915. The van der Waals surface area contributed by atoms with Crippen LogP contribution >= 0.6 is 0 Å². The number of ether oxygens (including phenoxy) is 1. The molecular formula is C18H18N2O2. The van der Waals surface area contributed by atoms with Crippen LogP contribution in [0.15, 0.2) is 42.5 Å². The van der Waals surface area contributed by atoms with Crippen LogP contribution < -0.4 is 15.4 Å².